The molecule has 3 rings (SSSR count). The molecule has 1 aliphatic rings. The summed E-state index contributed by atoms with van der Waals surface area (Å²) in [4.78, 5) is 14.9. The SMILES string of the molecule is CCc1ccc(C(=O)N2CCS[C@@H]2c2cc(OC)ccc2OC)cc1. The van der Waals surface area contributed by atoms with Crippen LogP contribution in [-0.4, -0.2) is 37.3 Å². The summed E-state index contributed by atoms with van der Waals surface area (Å²) in [6, 6.07) is 13.6. The van der Waals surface area contributed by atoms with Gasteiger partial charge in [-0.2, -0.15) is 0 Å². The van der Waals surface area contributed by atoms with E-state index in [4.69, 9.17) is 9.47 Å². The average molecular weight is 357 g/mol. The Balaban J connectivity index is 1.90. The summed E-state index contributed by atoms with van der Waals surface area (Å²) in [5.74, 6) is 2.51. The summed E-state index contributed by atoms with van der Waals surface area (Å²) in [7, 11) is 3.30. The van der Waals surface area contributed by atoms with Gasteiger partial charge in [0, 0.05) is 23.4 Å². The van der Waals surface area contributed by atoms with Crippen LogP contribution in [-0.2, 0) is 6.42 Å². The van der Waals surface area contributed by atoms with Gasteiger partial charge in [-0.25, -0.2) is 0 Å². The van der Waals surface area contributed by atoms with Gasteiger partial charge in [0.25, 0.3) is 5.91 Å². The van der Waals surface area contributed by atoms with Gasteiger partial charge in [-0.3, -0.25) is 4.79 Å². The molecular formula is C20H23NO3S. The lowest BCUT2D eigenvalue weighted by atomic mass is 10.1. The number of aryl methyl sites for hydroxylation is 1. The molecule has 0 bridgehead atoms. The number of hydrogen-bond donors (Lipinski definition) is 0. The topological polar surface area (TPSA) is 38.8 Å². The van der Waals surface area contributed by atoms with Crippen molar-refractivity contribution in [1.29, 1.82) is 0 Å². The standard InChI is InChI=1S/C20H23NO3S/c1-4-14-5-7-15(8-6-14)19(22)21-11-12-25-20(21)17-13-16(23-2)9-10-18(17)24-3/h5-10,13,20H,4,11-12H2,1-3H3/t20-/m1/s1. The van der Waals surface area contributed by atoms with Crippen LogP contribution < -0.4 is 9.47 Å². The Labute approximate surface area is 153 Å². The number of benzene rings is 2. The molecule has 1 heterocycles. The van der Waals surface area contributed by atoms with E-state index >= 15 is 0 Å². The number of rotatable bonds is 5. The maximum Gasteiger partial charge on any atom is 0.255 e. The smallest absolute Gasteiger partial charge is 0.255 e. The Hall–Kier alpha value is -2.14. The molecule has 4 nitrogen and oxygen atoms in total. The molecule has 2 aromatic rings. The summed E-state index contributed by atoms with van der Waals surface area (Å²) in [5, 5.41) is -0.0663. The highest BCUT2D eigenvalue weighted by Gasteiger charge is 2.33. The first-order chi connectivity index (χ1) is 12.2. The van der Waals surface area contributed by atoms with Crippen LogP contribution in [0.4, 0.5) is 0 Å². The first kappa shape index (κ1) is 17.7. The van der Waals surface area contributed by atoms with E-state index in [1.165, 1.54) is 5.56 Å². The number of carbonyl (C=O) groups is 1. The maximum absolute atomic E-state index is 13.0. The van der Waals surface area contributed by atoms with Gasteiger partial charge in [0.2, 0.25) is 0 Å². The summed E-state index contributed by atoms with van der Waals surface area (Å²) in [5.41, 5.74) is 2.94. The van der Waals surface area contributed by atoms with Crippen LogP contribution in [0.1, 0.15) is 33.8 Å². The normalized spacial score (nSPS) is 16.8. The molecule has 0 aromatic heterocycles. The highest BCUT2D eigenvalue weighted by Crippen LogP contribution is 2.43. The Kier molecular flexibility index (Phi) is 5.53. The van der Waals surface area contributed by atoms with Gasteiger partial charge in [0.1, 0.15) is 16.9 Å². The van der Waals surface area contributed by atoms with Gasteiger partial charge in [-0.1, -0.05) is 19.1 Å². The summed E-state index contributed by atoms with van der Waals surface area (Å²) in [6.07, 6.45) is 0.970. The monoisotopic (exact) mass is 357 g/mol. The zero-order valence-electron chi connectivity index (χ0n) is 14.8. The quantitative estimate of drug-likeness (QED) is 0.806. The Morgan fingerprint density at radius 3 is 2.56 bits per heavy atom. The van der Waals surface area contributed by atoms with Gasteiger partial charge in [-0.05, 0) is 42.3 Å². The summed E-state index contributed by atoms with van der Waals surface area (Å²) in [6.45, 7) is 2.84. The number of methoxy groups -OCH3 is 2. The second-order valence-electron chi connectivity index (χ2n) is 5.88. The Morgan fingerprint density at radius 2 is 1.92 bits per heavy atom. The van der Waals surface area contributed by atoms with Gasteiger partial charge in [0.05, 0.1) is 14.2 Å². The Bertz CT molecular complexity index is 745. The van der Waals surface area contributed by atoms with Crippen molar-refractivity contribution in [2.75, 3.05) is 26.5 Å². The molecule has 2 aromatic carbocycles. The second kappa shape index (κ2) is 7.83. The molecule has 1 atom stereocenters. The van der Waals surface area contributed by atoms with E-state index in [1.54, 1.807) is 26.0 Å². The van der Waals surface area contributed by atoms with Crippen LogP contribution in [0.3, 0.4) is 0 Å². The molecule has 132 valence electrons. The lowest BCUT2D eigenvalue weighted by molar-refractivity contribution is 0.0759. The summed E-state index contributed by atoms with van der Waals surface area (Å²) >= 11 is 1.75. The highest BCUT2D eigenvalue weighted by atomic mass is 32.2. The van der Waals surface area contributed by atoms with Crippen molar-refractivity contribution in [2.24, 2.45) is 0 Å². The second-order valence-corrected chi connectivity index (χ2v) is 7.07. The molecule has 1 amide bonds. The Morgan fingerprint density at radius 1 is 1.16 bits per heavy atom. The minimum Gasteiger partial charge on any atom is -0.497 e. The van der Waals surface area contributed by atoms with Crippen molar-refractivity contribution in [2.45, 2.75) is 18.7 Å². The minimum atomic E-state index is -0.0663. The van der Waals surface area contributed by atoms with Crippen LogP contribution in [0, 0.1) is 0 Å². The minimum absolute atomic E-state index is 0.0579. The number of thioether (sulfide) groups is 1. The fourth-order valence-electron chi connectivity index (χ4n) is 3.02. The predicted molar refractivity (Wildman–Crippen MR) is 102 cm³/mol. The van der Waals surface area contributed by atoms with Crippen molar-refractivity contribution < 1.29 is 14.3 Å². The summed E-state index contributed by atoms with van der Waals surface area (Å²) < 4.78 is 10.9. The van der Waals surface area contributed by atoms with Crippen molar-refractivity contribution in [3.05, 3.63) is 59.2 Å². The molecule has 1 saturated heterocycles. The van der Waals surface area contributed by atoms with Gasteiger partial charge >= 0.3 is 0 Å². The third-order valence-electron chi connectivity index (χ3n) is 4.46. The zero-order chi connectivity index (χ0) is 17.8. The van der Waals surface area contributed by atoms with Gasteiger partial charge in [-0.15, -0.1) is 11.8 Å². The first-order valence-corrected chi connectivity index (χ1v) is 9.46. The fraction of sp³-hybridized carbons (Fsp3) is 0.350. The number of carbonyl (C=O) groups excluding carboxylic acids is 1. The largest absolute Gasteiger partial charge is 0.497 e. The van der Waals surface area contributed by atoms with Crippen LogP contribution in [0.2, 0.25) is 0 Å². The molecule has 5 heteroatoms. The van der Waals surface area contributed by atoms with Crippen molar-refractivity contribution in [3.8, 4) is 11.5 Å². The molecule has 0 spiro atoms. The van der Waals surface area contributed by atoms with E-state index in [-0.39, 0.29) is 11.3 Å². The fourth-order valence-corrected chi connectivity index (χ4v) is 4.29. The molecule has 0 unspecified atom stereocenters. The van der Waals surface area contributed by atoms with E-state index in [1.807, 2.05) is 47.4 Å². The van der Waals surface area contributed by atoms with Crippen molar-refractivity contribution in [1.82, 2.24) is 4.90 Å². The first-order valence-electron chi connectivity index (χ1n) is 8.41. The van der Waals surface area contributed by atoms with Crippen LogP contribution in [0.15, 0.2) is 42.5 Å². The number of hydrogen-bond acceptors (Lipinski definition) is 4. The molecule has 0 saturated carbocycles. The molecule has 1 fully saturated rings. The third kappa shape index (κ3) is 3.61. The van der Waals surface area contributed by atoms with E-state index in [2.05, 4.69) is 6.92 Å². The molecule has 0 aliphatic carbocycles. The molecular weight excluding hydrogens is 334 g/mol. The maximum atomic E-state index is 13.0. The van der Waals surface area contributed by atoms with E-state index < -0.39 is 0 Å². The number of ether oxygens (including phenoxy) is 2. The molecule has 0 N–H and O–H groups in total. The predicted octanol–water partition coefficient (Wildman–Crippen LogP) is 4.15. The van der Waals surface area contributed by atoms with Gasteiger partial charge < -0.3 is 14.4 Å². The van der Waals surface area contributed by atoms with Crippen LogP contribution in [0.25, 0.3) is 0 Å². The highest BCUT2D eigenvalue weighted by molar-refractivity contribution is 7.99. The average Bonchev–Trinajstić information content (AvgIpc) is 3.16. The van der Waals surface area contributed by atoms with Crippen LogP contribution >= 0.6 is 11.8 Å². The van der Waals surface area contributed by atoms with Gasteiger partial charge in [0.15, 0.2) is 0 Å². The number of nitrogens with zero attached hydrogens (tertiary/aromatic N) is 1. The molecule has 25 heavy (non-hydrogen) atoms. The van der Waals surface area contributed by atoms with E-state index in [0.717, 1.165) is 41.3 Å². The van der Waals surface area contributed by atoms with Crippen LogP contribution in [0.5, 0.6) is 11.5 Å². The lowest BCUT2D eigenvalue weighted by Gasteiger charge is -2.26. The number of amides is 1. The molecule has 1 aliphatic heterocycles. The lowest BCUT2D eigenvalue weighted by Crippen LogP contribution is -2.30. The van der Waals surface area contributed by atoms with E-state index in [9.17, 15) is 4.79 Å². The van der Waals surface area contributed by atoms with Crippen molar-refractivity contribution >= 4 is 17.7 Å². The molecule has 0 radical (unpaired) electrons. The zero-order valence-corrected chi connectivity index (χ0v) is 15.6. The third-order valence-corrected chi connectivity index (χ3v) is 5.71. The van der Waals surface area contributed by atoms with Crippen molar-refractivity contribution in [3.63, 3.8) is 0 Å². The van der Waals surface area contributed by atoms with E-state index in [0.29, 0.717) is 0 Å².